The van der Waals surface area contributed by atoms with Crippen molar-refractivity contribution < 1.29 is 10.2 Å². The minimum absolute atomic E-state index is 0.259. The molecule has 1 aliphatic carbocycles. The van der Waals surface area contributed by atoms with Crippen LogP contribution >= 0.6 is 0 Å². The van der Waals surface area contributed by atoms with Gasteiger partial charge in [-0.25, -0.2) is 0 Å². The van der Waals surface area contributed by atoms with Crippen LogP contribution in [0.5, 0.6) is 5.75 Å². The summed E-state index contributed by atoms with van der Waals surface area (Å²) >= 11 is 0. The van der Waals surface area contributed by atoms with Gasteiger partial charge >= 0.3 is 0 Å². The second-order valence-corrected chi connectivity index (χ2v) is 5.88. The normalized spacial score (nSPS) is 19.9. The maximum atomic E-state index is 10.2. The topological polar surface area (TPSA) is 52.5 Å². The summed E-state index contributed by atoms with van der Waals surface area (Å²) in [6.07, 6.45) is 5.07. The van der Waals surface area contributed by atoms with Crippen molar-refractivity contribution in [3.8, 4) is 5.75 Å². The Kier molecular flexibility index (Phi) is 5.44. The van der Waals surface area contributed by atoms with Crippen molar-refractivity contribution in [2.24, 2.45) is 5.92 Å². The van der Waals surface area contributed by atoms with Gasteiger partial charge in [-0.2, -0.15) is 0 Å². The van der Waals surface area contributed by atoms with Gasteiger partial charge in [0.1, 0.15) is 5.75 Å². The van der Waals surface area contributed by atoms with Crippen LogP contribution in [0.15, 0.2) is 18.2 Å². The third-order valence-electron chi connectivity index (χ3n) is 4.61. The van der Waals surface area contributed by atoms with E-state index in [0.29, 0.717) is 18.2 Å². The van der Waals surface area contributed by atoms with E-state index >= 15 is 0 Å². The molecule has 1 aromatic rings. The van der Waals surface area contributed by atoms with Crippen molar-refractivity contribution in [2.45, 2.75) is 58.1 Å². The highest BCUT2D eigenvalue weighted by Crippen LogP contribution is 2.32. The first-order chi connectivity index (χ1) is 9.65. The molecule has 0 saturated heterocycles. The lowest BCUT2D eigenvalue weighted by Gasteiger charge is -2.29. The number of hydrogen-bond acceptors (Lipinski definition) is 3. The Morgan fingerprint density at radius 3 is 2.75 bits per heavy atom. The first kappa shape index (κ1) is 15.3. The van der Waals surface area contributed by atoms with Crippen LogP contribution in [0.4, 0.5) is 0 Å². The molecule has 112 valence electrons. The molecule has 0 bridgehead atoms. The molecule has 3 heteroatoms. The molecule has 0 saturated carbocycles. The van der Waals surface area contributed by atoms with Crippen LogP contribution in [0.3, 0.4) is 0 Å². The summed E-state index contributed by atoms with van der Waals surface area (Å²) in [4.78, 5) is 0. The third-order valence-corrected chi connectivity index (χ3v) is 4.61. The molecule has 20 heavy (non-hydrogen) atoms. The number of aryl methyl sites for hydroxylation is 1. The summed E-state index contributed by atoms with van der Waals surface area (Å²) in [6, 6.07) is 5.92. The number of hydrogen-bond donors (Lipinski definition) is 3. The van der Waals surface area contributed by atoms with Crippen LogP contribution in [-0.4, -0.2) is 22.9 Å². The predicted molar refractivity (Wildman–Crippen MR) is 81.9 cm³/mol. The zero-order chi connectivity index (χ0) is 14.5. The molecule has 0 fully saturated rings. The number of fused-ring (bicyclic) bond motifs is 1. The van der Waals surface area contributed by atoms with E-state index in [4.69, 9.17) is 0 Å². The smallest absolute Gasteiger partial charge is 0.115 e. The van der Waals surface area contributed by atoms with Gasteiger partial charge in [-0.05, 0) is 48.4 Å². The summed E-state index contributed by atoms with van der Waals surface area (Å²) in [7, 11) is 0. The van der Waals surface area contributed by atoms with Gasteiger partial charge in [-0.3, -0.25) is 0 Å². The summed E-state index contributed by atoms with van der Waals surface area (Å²) in [6.45, 7) is 4.89. The van der Waals surface area contributed by atoms with Crippen molar-refractivity contribution in [3.63, 3.8) is 0 Å². The number of nitrogens with one attached hydrogen (secondary N) is 1. The summed E-state index contributed by atoms with van der Waals surface area (Å²) in [5.41, 5.74) is 2.52. The molecular weight excluding hydrogens is 250 g/mol. The number of aliphatic hydroxyl groups excluding tert-OH is 1. The molecule has 0 radical (unpaired) electrons. The van der Waals surface area contributed by atoms with Gasteiger partial charge in [0.05, 0.1) is 6.10 Å². The van der Waals surface area contributed by atoms with Crippen LogP contribution in [0.1, 0.15) is 56.7 Å². The minimum atomic E-state index is -0.285. The molecular formula is C17H27NO2. The second-order valence-electron chi connectivity index (χ2n) is 5.88. The van der Waals surface area contributed by atoms with E-state index in [1.54, 1.807) is 6.07 Å². The lowest BCUT2D eigenvalue weighted by atomic mass is 9.87. The fraction of sp³-hybridized carbons (Fsp3) is 0.647. The number of aliphatic hydroxyl groups is 1. The summed E-state index contributed by atoms with van der Waals surface area (Å²) in [5.74, 6) is 0.702. The summed E-state index contributed by atoms with van der Waals surface area (Å²) < 4.78 is 0. The Hall–Kier alpha value is -1.06. The minimum Gasteiger partial charge on any atom is -0.508 e. The fourth-order valence-corrected chi connectivity index (χ4v) is 3.26. The predicted octanol–water partition coefficient (Wildman–Crippen LogP) is 3.16. The Morgan fingerprint density at radius 1 is 1.30 bits per heavy atom. The molecule has 1 aliphatic rings. The largest absolute Gasteiger partial charge is 0.508 e. The lowest BCUT2D eigenvalue weighted by molar-refractivity contribution is 0.0974. The number of benzene rings is 1. The SMILES string of the molecule is CCC(CC)C(O)CNC1CCCc2ccc(O)cc21. The summed E-state index contributed by atoms with van der Waals surface area (Å²) in [5, 5.41) is 23.4. The molecule has 0 aromatic heterocycles. The zero-order valence-electron chi connectivity index (χ0n) is 12.6. The molecule has 1 aromatic carbocycles. The average molecular weight is 277 g/mol. The fourth-order valence-electron chi connectivity index (χ4n) is 3.26. The molecule has 2 unspecified atom stereocenters. The highest BCUT2D eigenvalue weighted by Gasteiger charge is 2.22. The number of aromatic hydroxyl groups is 1. The van der Waals surface area contributed by atoms with Crippen molar-refractivity contribution in [3.05, 3.63) is 29.3 Å². The Morgan fingerprint density at radius 2 is 2.05 bits per heavy atom. The van der Waals surface area contributed by atoms with E-state index in [1.165, 1.54) is 11.1 Å². The van der Waals surface area contributed by atoms with Gasteiger partial charge in [0, 0.05) is 12.6 Å². The monoisotopic (exact) mass is 277 g/mol. The first-order valence-corrected chi connectivity index (χ1v) is 7.88. The van der Waals surface area contributed by atoms with Gasteiger partial charge in [0.15, 0.2) is 0 Å². The van der Waals surface area contributed by atoms with Gasteiger partial charge in [0.2, 0.25) is 0 Å². The second kappa shape index (κ2) is 7.09. The molecule has 2 atom stereocenters. The van der Waals surface area contributed by atoms with Crippen molar-refractivity contribution in [1.29, 1.82) is 0 Å². The van der Waals surface area contributed by atoms with E-state index in [-0.39, 0.29) is 12.1 Å². The van der Waals surface area contributed by atoms with E-state index in [0.717, 1.165) is 32.1 Å². The molecule has 0 amide bonds. The molecule has 0 aliphatic heterocycles. The highest BCUT2D eigenvalue weighted by atomic mass is 16.3. The zero-order valence-corrected chi connectivity index (χ0v) is 12.6. The number of phenols is 1. The van der Waals surface area contributed by atoms with E-state index in [2.05, 4.69) is 19.2 Å². The van der Waals surface area contributed by atoms with Gasteiger partial charge < -0.3 is 15.5 Å². The average Bonchev–Trinajstić information content (AvgIpc) is 2.46. The number of phenolic OH excluding ortho intramolecular Hbond substituents is 1. The van der Waals surface area contributed by atoms with Gasteiger partial charge in [0.25, 0.3) is 0 Å². The Balaban J connectivity index is 2.00. The quantitative estimate of drug-likeness (QED) is 0.748. The van der Waals surface area contributed by atoms with Gasteiger partial charge in [-0.1, -0.05) is 32.8 Å². The van der Waals surface area contributed by atoms with E-state index in [9.17, 15) is 10.2 Å². The number of rotatable bonds is 6. The van der Waals surface area contributed by atoms with Crippen molar-refractivity contribution in [1.82, 2.24) is 5.32 Å². The molecule has 0 heterocycles. The molecule has 2 rings (SSSR count). The Labute approximate surface area is 122 Å². The molecule has 0 spiro atoms. The van der Waals surface area contributed by atoms with Crippen LogP contribution in [0.2, 0.25) is 0 Å². The molecule has 3 N–H and O–H groups in total. The van der Waals surface area contributed by atoms with Crippen LogP contribution in [0.25, 0.3) is 0 Å². The highest BCUT2D eigenvalue weighted by molar-refractivity contribution is 5.38. The first-order valence-electron chi connectivity index (χ1n) is 7.88. The van der Waals surface area contributed by atoms with E-state index in [1.807, 2.05) is 12.1 Å². The third kappa shape index (κ3) is 3.53. The maximum absolute atomic E-state index is 10.2. The maximum Gasteiger partial charge on any atom is 0.115 e. The van der Waals surface area contributed by atoms with E-state index < -0.39 is 0 Å². The van der Waals surface area contributed by atoms with Crippen molar-refractivity contribution in [2.75, 3.05) is 6.54 Å². The van der Waals surface area contributed by atoms with Crippen LogP contribution in [0, 0.1) is 5.92 Å². The standard InChI is InChI=1S/C17H27NO2/c1-3-12(4-2)17(20)11-18-16-7-5-6-13-8-9-14(19)10-15(13)16/h8-10,12,16-20H,3-7,11H2,1-2H3. The van der Waals surface area contributed by atoms with Gasteiger partial charge in [-0.15, -0.1) is 0 Å². The lowest BCUT2D eigenvalue weighted by Crippen LogP contribution is -2.36. The van der Waals surface area contributed by atoms with Crippen LogP contribution in [-0.2, 0) is 6.42 Å². The van der Waals surface area contributed by atoms with Crippen LogP contribution < -0.4 is 5.32 Å². The van der Waals surface area contributed by atoms with Crippen molar-refractivity contribution >= 4 is 0 Å². The molecule has 3 nitrogen and oxygen atoms in total. The Bertz CT molecular complexity index is 429.